The Morgan fingerprint density at radius 2 is 1.71 bits per heavy atom. The number of rotatable bonds is 3. The van der Waals surface area contributed by atoms with Crippen LogP contribution in [-0.4, -0.2) is 77.3 Å². The minimum absolute atomic E-state index is 0.0266. The third-order valence-corrected chi connectivity index (χ3v) is 4.91. The van der Waals surface area contributed by atoms with Crippen molar-refractivity contribution >= 4 is 23.4 Å². The molecule has 2 fully saturated rings. The van der Waals surface area contributed by atoms with Gasteiger partial charge < -0.3 is 9.80 Å². The molecule has 1 aromatic rings. The summed E-state index contributed by atoms with van der Waals surface area (Å²) in [7, 11) is 0. The summed E-state index contributed by atoms with van der Waals surface area (Å²) in [6, 6.07) is 3.27. The second kappa shape index (κ2) is 7.94. The van der Waals surface area contributed by atoms with Crippen LogP contribution in [0.3, 0.4) is 0 Å². The van der Waals surface area contributed by atoms with Crippen molar-refractivity contribution in [1.29, 1.82) is 0 Å². The van der Waals surface area contributed by atoms with Crippen LogP contribution >= 0.6 is 11.6 Å². The van der Waals surface area contributed by atoms with E-state index in [1.165, 1.54) is 6.42 Å². The number of hydrogen-bond donors (Lipinski definition) is 0. The summed E-state index contributed by atoms with van der Waals surface area (Å²) in [6.45, 7) is 4.95. The monoisotopic (exact) mass is 350 g/mol. The number of pyridine rings is 1. The molecule has 2 aliphatic rings. The second-order valence-electron chi connectivity index (χ2n) is 6.38. The number of amides is 2. The number of nitrogens with zero attached hydrogens (tertiary/aromatic N) is 4. The van der Waals surface area contributed by atoms with Crippen molar-refractivity contribution in [3.05, 3.63) is 29.0 Å². The fourth-order valence-corrected chi connectivity index (χ4v) is 3.44. The van der Waals surface area contributed by atoms with Gasteiger partial charge in [-0.1, -0.05) is 11.6 Å². The highest BCUT2D eigenvalue weighted by Crippen LogP contribution is 2.13. The number of carbonyl (C=O) groups is 2. The molecule has 3 heterocycles. The first-order chi connectivity index (χ1) is 11.6. The molecular formula is C17H23ClN4O2. The van der Waals surface area contributed by atoms with Gasteiger partial charge in [-0.3, -0.25) is 14.5 Å². The summed E-state index contributed by atoms with van der Waals surface area (Å²) in [5.74, 6) is 0.191. The van der Waals surface area contributed by atoms with Gasteiger partial charge in [0.2, 0.25) is 5.91 Å². The van der Waals surface area contributed by atoms with E-state index in [0.717, 1.165) is 39.0 Å². The summed E-state index contributed by atoms with van der Waals surface area (Å²) in [5.41, 5.74) is 0.563. The number of aromatic nitrogens is 1. The van der Waals surface area contributed by atoms with E-state index in [0.29, 0.717) is 30.4 Å². The minimum atomic E-state index is -0.0266. The SMILES string of the molecule is O=C(CN1CCN(C(=O)c2ccnc(Cl)c2)CC1)N1CCCCC1. The molecule has 0 radical (unpaired) electrons. The zero-order chi connectivity index (χ0) is 16.9. The first kappa shape index (κ1) is 17.2. The van der Waals surface area contributed by atoms with Crippen LogP contribution in [0, 0.1) is 0 Å². The maximum atomic E-state index is 12.5. The van der Waals surface area contributed by atoms with Crippen LogP contribution in [0.25, 0.3) is 0 Å². The van der Waals surface area contributed by atoms with Crippen molar-refractivity contribution in [1.82, 2.24) is 19.7 Å². The normalized spacial score (nSPS) is 19.4. The fraction of sp³-hybridized carbons (Fsp3) is 0.588. The Kier molecular flexibility index (Phi) is 5.68. The largest absolute Gasteiger partial charge is 0.342 e. The molecule has 1 aromatic heterocycles. The molecular weight excluding hydrogens is 328 g/mol. The van der Waals surface area contributed by atoms with Gasteiger partial charge in [0.25, 0.3) is 5.91 Å². The molecule has 2 saturated heterocycles. The van der Waals surface area contributed by atoms with Crippen molar-refractivity contribution in [3.63, 3.8) is 0 Å². The van der Waals surface area contributed by atoms with Gasteiger partial charge in [-0.05, 0) is 31.4 Å². The van der Waals surface area contributed by atoms with Crippen LogP contribution in [0.2, 0.25) is 5.15 Å². The molecule has 0 unspecified atom stereocenters. The van der Waals surface area contributed by atoms with Crippen LogP contribution in [0.15, 0.2) is 18.3 Å². The Morgan fingerprint density at radius 1 is 1.00 bits per heavy atom. The van der Waals surface area contributed by atoms with Crippen molar-refractivity contribution in [3.8, 4) is 0 Å². The Morgan fingerprint density at radius 3 is 2.38 bits per heavy atom. The van der Waals surface area contributed by atoms with Gasteiger partial charge in [0.1, 0.15) is 5.15 Å². The molecule has 6 nitrogen and oxygen atoms in total. The Bertz CT molecular complexity index is 596. The number of piperazine rings is 1. The number of halogens is 1. The lowest BCUT2D eigenvalue weighted by Crippen LogP contribution is -2.52. The molecule has 0 saturated carbocycles. The first-order valence-corrected chi connectivity index (χ1v) is 8.92. The quantitative estimate of drug-likeness (QED) is 0.775. The Hall–Kier alpha value is -1.66. The highest BCUT2D eigenvalue weighted by atomic mass is 35.5. The van der Waals surface area contributed by atoms with Crippen LogP contribution in [0.5, 0.6) is 0 Å². The van der Waals surface area contributed by atoms with Gasteiger partial charge in [-0.15, -0.1) is 0 Å². The fourth-order valence-electron chi connectivity index (χ4n) is 3.26. The van der Waals surface area contributed by atoms with E-state index in [-0.39, 0.29) is 11.8 Å². The molecule has 0 spiro atoms. The molecule has 2 amide bonds. The van der Waals surface area contributed by atoms with E-state index in [2.05, 4.69) is 9.88 Å². The van der Waals surface area contributed by atoms with Crippen molar-refractivity contribution in [2.75, 3.05) is 45.8 Å². The molecule has 0 bridgehead atoms. The van der Waals surface area contributed by atoms with Gasteiger partial charge in [0, 0.05) is 51.0 Å². The van der Waals surface area contributed by atoms with Crippen LogP contribution < -0.4 is 0 Å². The molecule has 0 aromatic carbocycles. The third-order valence-electron chi connectivity index (χ3n) is 4.70. The van der Waals surface area contributed by atoms with E-state index in [1.807, 2.05) is 9.80 Å². The van der Waals surface area contributed by atoms with Crippen LogP contribution in [-0.2, 0) is 4.79 Å². The van der Waals surface area contributed by atoms with Crippen molar-refractivity contribution in [2.45, 2.75) is 19.3 Å². The van der Waals surface area contributed by atoms with E-state index in [1.54, 1.807) is 18.3 Å². The zero-order valence-corrected chi connectivity index (χ0v) is 14.5. The Balaban J connectivity index is 1.48. The summed E-state index contributed by atoms with van der Waals surface area (Å²) in [6.07, 6.45) is 5.00. The van der Waals surface area contributed by atoms with Gasteiger partial charge in [0.05, 0.1) is 6.54 Å². The number of likely N-dealkylation sites (tertiary alicyclic amines) is 1. The lowest BCUT2D eigenvalue weighted by molar-refractivity contribution is -0.133. The molecule has 7 heteroatoms. The van der Waals surface area contributed by atoms with Crippen molar-refractivity contribution < 1.29 is 9.59 Å². The molecule has 24 heavy (non-hydrogen) atoms. The predicted molar refractivity (Wildman–Crippen MR) is 92.0 cm³/mol. The summed E-state index contributed by atoms with van der Waals surface area (Å²) in [4.78, 5) is 34.6. The van der Waals surface area contributed by atoms with Gasteiger partial charge >= 0.3 is 0 Å². The number of carbonyl (C=O) groups excluding carboxylic acids is 2. The van der Waals surface area contributed by atoms with Gasteiger partial charge in [-0.25, -0.2) is 4.98 Å². The minimum Gasteiger partial charge on any atom is -0.342 e. The molecule has 2 aliphatic heterocycles. The maximum Gasteiger partial charge on any atom is 0.254 e. The summed E-state index contributed by atoms with van der Waals surface area (Å²) in [5, 5.41) is 0.326. The average Bonchev–Trinajstić information content (AvgIpc) is 2.62. The maximum absolute atomic E-state index is 12.5. The average molecular weight is 351 g/mol. The first-order valence-electron chi connectivity index (χ1n) is 8.54. The Labute approximate surface area is 147 Å². The molecule has 0 N–H and O–H groups in total. The number of piperidine rings is 1. The highest BCUT2D eigenvalue weighted by molar-refractivity contribution is 6.29. The lowest BCUT2D eigenvalue weighted by atomic mass is 10.1. The van der Waals surface area contributed by atoms with E-state index < -0.39 is 0 Å². The standard InChI is InChI=1S/C17H23ClN4O2/c18-15-12-14(4-5-19-15)17(24)22-10-8-20(9-11-22)13-16(23)21-6-2-1-3-7-21/h4-5,12H,1-3,6-11,13H2. The van der Waals surface area contributed by atoms with Crippen molar-refractivity contribution in [2.24, 2.45) is 0 Å². The van der Waals surface area contributed by atoms with E-state index >= 15 is 0 Å². The zero-order valence-electron chi connectivity index (χ0n) is 13.8. The molecule has 0 aliphatic carbocycles. The topological polar surface area (TPSA) is 56.8 Å². The lowest BCUT2D eigenvalue weighted by Gasteiger charge is -2.36. The molecule has 130 valence electrons. The third kappa shape index (κ3) is 4.24. The highest BCUT2D eigenvalue weighted by Gasteiger charge is 2.25. The summed E-state index contributed by atoms with van der Waals surface area (Å²) < 4.78 is 0. The van der Waals surface area contributed by atoms with E-state index in [4.69, 9.17) is 11.6 Å². The summed E-state index contributed by atoms with van der Waals surface area (Å²) >= 11 is 5.85. The van der Waals surface area contributed by atoms with Gasteiger partial charge in [0.15, 0.2) is 0 Å². The smallest absolute Gasteiger partial charge is 0.254 e. The number of hydrogen-bond acceptors (Lipinski definition) is 4. The predicted octanol–water partition coefficient (Wildman–Crippen LogP) is 1.51. The van der Waals surface area contributed by atoms with E-state index in [9.17, 15) is 9.59 Å². The van der Waals surface area contributed by atoms with Crippen LogP contribution in [0.1, 0.15) is 29.6 Å². The van der Waals surface area contributed by atoms with Gasteiger partial charge in [-0.2, -0.15) is 0 Å². The molecule has 3 rings (SSSR count). The second-order valence-corrected chi connectivity index (χ2v) is 6.76. The molecule has 0 atom stereocenters. The van der Waals surface area contributed by atoms with Crippen LogP contribution in [0.4, 0.5) is 0 Å².